The quantitative estimate of drug-likeness (QED) is 0.890. The van der Waals surface area contributed by atoms with Crippen LogP contribution in [0.25, 0.3) is 11.4 Å². The van der Waals surface area contributed by atoms with Crippen molar-refractivity contribution in [2.75, 3.05) is 0 Å². The molecule has 0 spiro atoms. The van der Waals surface area contributed by atoms with E-state index in [4.69, 9.17) is 0 Å². The predicted molar refractivity (Wildman–Crippen MR) is 76.9 cm³/mol. The minimum Gasteiger partial charge on any atom is -0.262 e. The summed E-state index contributed by atoms with van der Waals surface area (Å²) in [6.07, 6.45) is 4.94. The molecule has 0 radical (unpaired) electrons. The minimum atomic E-state index is -0.189. The molecule has 1 aromatic carbocycles. The molecule has 0 saturated heterocycles. The monoisotopic (exact) mass is 273 g/mol. The molecule has 20 heavy (non-hydrogen) atoms. The summed E-state index contributed by atoms with van der Waals surface area (Å²) >= 11 is 0. The van der Waals surface area contributed by atoms with Gasteiger partial charge in [-0.05, 0) is 49.4 Å². The average Bonchev–Trinajstić information content (AvgIpc) is 2.92. The van der Waals surface area contributed by atoms with Gasteiger partial charge in [-0.15, -0.1) is 0 Å². The van der Waals surface area contributed by atoms with Gasteiger partial charge < -0.3 is 0 Å². The van der Waals surface area contributed by atoms with Crippen molar-refractivity contribution >= 4 is 0 Å². The predicted octanol–water partition coefficient (Wildman–Crippen LogP) is 4.21. The number of nitrogens with zero attached hydrogens (tertiary/aromatic N) is 2. The first-order valence-corrected chi connectivity index (χ1v) is 7.32. The number of nitrogens with one attached hydrogen (secondary N) is 1. The van der Waals surface area contributed by atoms with Gasteiger partial charge in [-0.3, -0.25) is 5.10 Å². The number of H-pyrrole nitrogens is 1. The summed E-state index contributed by atoms with van der Waals surface area (Å²) < 4.78 is 13.3. The highest BCUT2D eigenvalue weighted by molar-refractivity contribution is 5.55. The van der Waals surface area contributed by atoms with Gasteiger partial charge in [0.15, 0.2) is 5.82 Å². The first-order chi connectivity index (χ1) is 9.63. The fraction of sp³-hybridized carbons (Fsp3) is 0.500. The SMILES string of the molecule is Cc1cc(-c2n[nH]c([C@@H]3CCC[C@@H](C)C3)n2)ccc1F. The van der Waals surface area contributed by atoms with Crippen LogP contribution in [0.5, 0.6) is 0 Å². The van der Waals surface area contributed by atoms with Crippen LogP contribution in [0.1, 0.15) is 49.9 Å². The number of aromatic amines is 1. The Morgan fingerprint density at radius 3 is 2.90 bits per heavy atom. The Bertz CT molecular complexity index is 606. The second-order valence-corrected chi connectivity index (χ2v) is 5.98. The topological polar surface area (TPSA) is 41.6 Å². The second-order valence-electron chi connectivity index (χ2n) is 5.98. The number of rotatable bonds is 2. The lowest BCUT2D eigenvalue weighted by Gasteiger charge is -2.24. The number of aryl methyl sites for hydroxylation is 1. The van der Waals surface area contributed by atoms with Gasteiger partial charge in [-0.2, -0.15) is 5.10 Å². The van der Waals surface area contributed by atoms with E-state index in [1.165, 1.54) is 31.7 Å². The minimum absolute atomic E-state index is 0.189. The third kappa shape index (κ3) is 2.60. The van der Waals surface area contributed by atoms with E-state index >= 15 is 0 Å². The normalized spacial score (nSPS) is 22.9. The highest BCUT2D eigenvalue weighted by Gasteiger charge is 2.23. The molecule has 0 aliphatic heterocycles. The summed E-state index contributed by atoms with van der Waals surface area (Å²) in [5.41, 5.74) is 1.50. The molecule has 0 unspecified atom stereocenters. The van der Waals surface area contributed by atoms with E-state index in [-0.39, 0.29) is 5.82 Å². The summed E-state index contributed by atoms with van der Waals surface area (Å²) in [6.45, 7) is 4.06. The summed E-state index contributed by atoms with van der Waals surface area (Å²) in [4.78, 5) is 4.62. The lowest BCUT2D eigenvalue weighted by atomic mass is 9.82. The Labute approximate surface area is 118 Å². The number of hydrogen-bond acceptors (Lipinski definition) is 2. The Hall–Kier alpha value is -1.71. The molecule has 106 valence electrons. The summed E-state index contributed by atoms with van der Waals surface area (Å²) in [5.74, 6) is 2.71. The van der Waals surface area contributed by atoms with Crippen LogP contribution in [-0.4, -0.2) is 15.2 Å². The van der Waals surface area contributed by atoms with Crippen molar-refractivity contribution in [3.8, 4) is 11.4 Å². The van der Waals surface area contributed by atoms with Crippen molar-refractivity contribution in [1.82, 2.24) is 15.2 Å². The molecule has 3 rings (SSSR count). The van der Waals surface area contributed by atoms with Crippen LogP contribution in [-0.2, 0) is 0 Å². The molecule has 2 aromatic rings. The van der Waals surface area contributed by atoms with E-state index in [0.29, 0.717) is 17.3 Å². The van der Waals surface area contributed by atoms with E-state index in [1.54, 1.807) is 19.1 Å². The fourth-order valence-corrected chi connectivity index (χ4v) is 3.05. The maximum atomic E-state index is 13.3. The highest BCUT2D eigenvalue weighted by Crippen LogP contribution is 2.34. The number of halogens is 1. The molecular formula is C16H20FN3. The van der Waals surface area contributed by atoms with Crippen molar-refractivity contribution in [2.45, 2.75) is 45.4 Å². The van der Waals surface area contributed by atoms with Crippen molar-refractivity contribution in [2.24, 2.45) is 5.92 Å². The molecule has 1 aliphatic carbocycles. The van der Waals surface area contributed by atoms with Gasteiger partial charge >= 0.3 is 0 Å². The molecule has 1 aromatic heterocycles. The lowest BCUT2D eigenvalue weighted by molar-refractivity contribution is 0.335. The Morgan fingerprint density at radius 2 is 2.15 bits per heavy atom. The smallest absolute Gasteiger partial charge is 0.181 e. The number of benzene rings is 1. The lowest BCUT2D eigenvalue weighted by Crippen LogP contribution is -2.12. The van der Waals surface area contributed by atoms with Crippen molar-refractivity contribution in [3.05, 3.63) is 35.4 Å². The zero-order chi connectivity index (χ0) is 14.1. The van der Waals surface area contributed by atoms with Crippen molar-refractivity contribution in [1.29, 1.82) is 0 Å². The van der Waals surface area contributed by atoms with E-state index in [2.05, 4.69) is 22.1 Å². The molecule has 1 heterocycles. The van der Waals surface area contributed by atoms with Gasteiger partial charge in [-0.1, -0.05) is 19.8 Å². The van der Waals surface area contributed by atoms with Gasteiger partial charge in [0.1, 0.15) is 11.6 Å². The van der Waals surface area contributed by atoms with Crippen molar-refractivity contribution in [3.63, 3.8) is 0 Å². The number of hydrogen-bond donors (Lipinski definition) is 1. The Balaban J connectivity index is 1.84. The van der Waals surface area contributed by atoms with Crippen LogP contribution in [0.3, 0.4) is 0 Å². The van der Waals surface area contributed by atoms with Gasteiger partial charge in [0.05, 0.1) is 0 Å². The van der Waals surface area contributed by atoms with Gasteiger partial charge in [0, 0.05) is 11.5 Å². The fourth-order valence-electron chi connectivity index (χ4n) is 3.05. The van der Waals surface area contributed by atoms with Crippen molar-refractivity contribution < 1.29 is 4.39 Å². The molecule has 1 saturated carbocycles. The Kier molecular flexibility index (Phi) is 3.55. The van der Waals surface area contributed by atoms with E-state index < -0.39 is 0 Å². The molecule has 1 fully saturated rings. The first-order valence-electron chi connectivity index (χ1n) is 7.32. The molecule has 1 N–H and O–H groups in total. The third-order valence-electron chi connectivity index (χ3n) is 4.24. The summed E-state index contributed by atoms with van der Waals surface area (Å²) in [6, 6.07) is 5.01. The maximum absolute atomic E-state index is 13.3. The summed E-state index contributed by atoms with van der Waals surface area (Å²) in [7, 11) is 0. The molecule has 4 heteroatoms. The van der Waals surface area contributed by atoms with Gasteiger partial charge in [0.25, 0.3) is 0 Å². The molecule has 1 aliphatic rings. The maximum Gasteiger partial charge on any atom is 0.181 e. The largest absolute Gasteiger partial charge is 0.262 e. The van der Waals surface area contributed by atoms with E-state index in [1.807, 2.05) is 0 Å². The molecular weight excluding hydrogens is 253 g/mol. The highest BCUT2D eigenvalue weighted by atomic mass is 19.1. The van der Waals surface area contributed by atoms with Gasteiger partial charge in [0.2, 0.25) is 0 Å². The molecule has 0 amide bonds. The van der Waals surface area contributed by atoms with Crippen LogP contribution < -0.4 is 0 Å². The molecule has 3 nitrogen and oxygen atoms in total. The zero-order valence-electron chi connectivity index (χ0n) is 12.0. The summed E-state index contributed by atoms with van der Waals surface area (Å²) in [5, 5.41) is 7.37. The molecule has 0 bridgehead atoms. The van der Waals surface area contributed by atoms with Crippen LogP contribution in [0.4, 0.5) is 4.39 Å². The van der Waals surface area contributed by atoms with Crippen LogP contribution in [0.15, 0.2) is 18.2 Å². The zero-order valence-corrected chi connectivity index (χ0v) is 12.0. The number of aromatic nitrogens is 3. The second kappa shape index (κ2) is 5.35. The van der Waals surface area contributed by atoms with Crippen LogP contribution in [0, 0.1) is 18.7 Å². The van der Waals surface area contributed by atoms with E-state index in [9.17, 15) is 4.39 Å². The van der Waals surface area contributed by atoms with Crippen LogP contribution >= 0.6 is 0 Å². The van der Waals surface area contributed by atoms with Crippen LogP contribution in [0.2, 0.25) is 0 Å². The first kappa shape index (κ1) is 13.3. The Morgan fingerprint density at radius 1 is 1.30 bits per heavy atom. The van der Waals surface area contributed by atoms with E-state index in [0.717, 1.165) is 17.3 Å². The molecule has 2 atom stereocenters. The third-order valence-corrected chi connectivity index (χ3v) is 4.24. The average molecular weight is 273 g/mol. The standard InChI is InChI=1S/C16H20FN3/c1-10-4-3-5-12(8-10)15-18-16(20-19-15)13-6-7-14(17)11(2)9-13/h6-7,9-10,12H,3-5,8H2,1-2H3,(H,18,19,20)/t10-,12-/m1/s1. The van der Waals surface area contributed by atoms with Gasteiger partial charge in [-0.25, -0.2) is 9.37 Å².